The Bertz CT molecular complexity index is 582. The molecule has 5 nitrogen and oxygen atoms in total. The fraction of sp³-hybridized carbons (Fsp3) is 0.600. The second kappa shape index (κ2) is 5.42. The van der Waals surface area contributed by atoms with Gasteiger partial charge in [0.2, 0.25) is 0 Å². The number of hydrogen-bond acceptors (Lipinski definition) is 4. The van der Waals surface area contributed by atoms with Crippen molar-refractivity contribution in [3.05, 3.63) is 21.4 Å². The molecular weight excluding hydrogens is 290 g/mol. The van der Waals surface area contributed by atoms with E-state index in [4.69, 9.17) is 0 Å². The van der Waals surface area contributed by atoms with Gasteiger partial charge in [0.25, 0.3) is 5.91 Å². The highest BCUT2D eigenvalue weighted by molar-refractivity contribution is 7.14. The summed E-state index contributed by atoms with van der Waals surface area (Å²) < 4.78 is 0. The monoisotopic (exact) mass is 309 g/mol. The van der Waals surface area contributed by atoms with Crippen molar-refractivity contribution in [2.45, 2.75) is 44.8 Å². The number of amides is 1. The zero-order chi connectivity index (χ0) is 15.1. The minimum atomic E-state index is -1.05. The van der Waals surface area contributed by atoms with Crippen LogP contribution in [-0.2, 0) is 17.6 Å². The molecule has 1 aromatic heterocycles. The Kier molecular flexibility index (Phi) is 3.75. The van der Waals surface area contributed by atoms with Crippen molar-refractivity contribution in [2.24, 2.45) is 5.92 Å². The molecule has 114 valence electrons. The average molecular weight is 309 g/mol. The first-order valence-corrected chi connectivity index (χ1v) is 8.10. The van der Waals surface area contributed by atoms with Gasteiger partial charge in [0.05, 0.1) is 11.0 Å². The van der Waals surface area contributed by atoms with Crippen LogP contribution in [0, 0.1) is 5.92 Å². The van der Waals surface area contributed by atoms with Crippen LogP contribution < -0.4 is 0 Å². The van der Waals surface area contributed by atoms with E-state index >= 15 is 0 Å². The van der Waals surface area contributed by atoms with Crippen molar-refractivity contribution in [3.8, 4) is 0 Å². The fourth-order valence-electron chi connectivity index (χ4n) is 3.23. The van der Waals surface area contributed by atoms with Gasteiger partial charge in [0, 0.05) is 17.8 Å². The number of carboxylic acids is 1. The number of hydrogen-bond donors (Lipinski definition) is 2. The number of aliphatic hydroxyl groups is 1. The molecule has 2 aliphatic rings. The van der Waals surface area contributed by atoms with Crippen LogP contribution in [-0.4, -0.2) is 45.7 Å². The first kappa shape index (κ1) is 14.5. The van der Waals surface area contributed by atoms with Gasteiger partial charge < -0.3 is 15.1 Å². The molecule has 1 aromatic rings. The third kappa shape index (κ3) is 2.70. The number of carbonyl (C=O) groups is 2. The highest BCUT2D eigenvalue weighted by atomic mass is 32.1. The molecule has 0 radical (unpaired) electrons. The van der Waals surface area contributed by atoms with Crippen molar-refractivity contribution >= 4 is 23.2 Å². The summed E-state index contributed by atoms with van der Waals surface area (Å²) in [4.78, 5) is 27.0. The number of carbonyl (C=O) groups excluding carboxylic acids is 1. The Morgan fingerprint density at radius 1 is 1.43 bits per heavy atom. The molecule has 2 N–H and O–H groups in total. The Labute approximate surface area is 127 Å². The van der Waals surface area contributed by atoms with Crippen molar-refractivity contribution in [1.82, 2.24) is 4.90 Å². The summed E-state index contributed by atoms with van der Waals surface area (Å²) in [5.41, 5.74) is 1.23. The summed E-state index contributed by atoms with van der Waals surface area (Å²) in [6, 6.07) is 1.01. The predicted molar refractivity (Wildman–Crippen MR) is 78.6 cm³/mol. The highest BCUT2D eigenvalue weighted by Crippen LogP contribution is 2.33. The second-order valence-corrected chi connectivity index (χ2v) is 7.24. The third-order valence-corrected chi connectivity index (χ3v) is 5.59. The number of aliphatic carboxylic acids is 1. The zero-order valence-electron chi connectivity index (χ0n) is 11.9. The lowest BCUT2D eigenvalue weighted by Crippen LogP contribution is -2.40. The molecule has 0 saturated carbocycles. The van der Waals surface area contributed by atoms with E-state index in [0.717, 1.165) is 19.3 Å². The van der Waals surface area contributed by atoms with E-state index in [0.29, 0.717) is 10.8 Å². The van der Waals surface area contributed by atoms with E-state index in [9.17, 15) is 19.8 Å². The number of thiophene rings is 1. The lowest BCUT2D eigenvalue weighted by atomic mass is 9.90. The largest absolute Gasteiger partial charge is 0.480 e. The Morgan fingerprint density at radius 2 is 2.19 bits per heavy atom. The van der Waals surface area contributed by atoms with Gasteiger partial charge in [-0.15, -0.1) is 11.3 Å². The average Bonchev–Trinajstić information content (AvgIpc) is 3.00. The molecule has 1 aliphatic carbocycles. The van der Waals surface area contributed by atoms with E-state index in [-0.39, 0.29) is 18.9 Å². The lowest BCUT2D eigenvalue weighted by Gasteiger charge is -2.20. The topological polar surface area (TPSA) is 77.8 Å². The first-order chi connectivity index (χ1) is 9.95. The number of carboxylic acid groups (broad SMARTS) is 1. The van der Waals surface area contributed by atoms with Crippen LogP contribution in [0.15, 0.2) is 6.07 Å². The van der Waals surface area contributed by atoms with Crippen molar-refractivity contribution in [3.63, 3.8) is 0 Å². The van der Waals surface area contributed by atoms with E-state index in [1.54, 1.807) is 0 Å². The standard InChI is InChI=1S/C15H19NO4S/c1-8-2-3-12-9(4-8)5-13(21-12)14(18)16-7-10(17)6-11(16)15(19)20/h5,8,10-11,17H,2-4,6-7H2,1H3,(H,19,20)/t8?,10-,11-/m1/s1. The van der Waals surface area contributed by atoms with Gasteiger partial charge in [0.15, 0.2) is 0 Å². The summed E-state index contributed by atoms with van der Waals surface area (Å²) in [6.45, 7) is 2.31. The molecule has 0 aromatic carbocycles. The normalized spacial score (nSPS) is 28.5. The lowest BCUT2D eigenvalue weighted by molar-refractivity contribution is -0.141. The number of β-amino-alcohol motifs (C(OH)–C–C–N with tert-alkyl or cyclic N) is 1. The van der Waals surface area contributed by atoms with E-state index in [1.807, 2.05) is 6.07 Å². The van der Waals surface area contributed by atoms with Gasteiger partial charge in [-0.3, -0.25) is 4.79 Å². The molecule has 21 heavy (non-hydrogen) atoms. The number of aryl methyl sites for hydroxylation is 1. The molecule has 2 heterocycles. The van der Waals surface area contributed by atoms with Crippen LogP contribution >= 0.6 is 11.3 Å². The molecule has 3 rings (SSSR count). The van der Waals surface area contributed by atoms with Crippen molar-refractivity contribution < 1.29 is 19.8 Å². The summed E-state index contributed by atoms with van der Waals surface area (Å²) in [5, 5.41) is 18.9. The van der Waals surface area contributed by atoms with E-state index in [1.165, 1.54) is 26.7 Å². The minimum absolute atomic E-state index is 0.106. The van der Waals surface area contributed by atoms with Crippen LogP contribution in [0.4, 0.5) is 0 Å². The Morgan fingerprint density at radius 3 is 2.90 bits per heavy atom. The van der Waals surface area contributed by atoms with Gasteiger partial charge in [-0.1, -0.05) is 6.92 Å². The molecule has 1 saturated heterocycles. The number of rotatable bonds is 2. The van der Waals surface area contributed by atoms with Gasteiger partial charge in [0.1, 0.15) is 6.04 Å². The van der Waals surface area contributed by atoms with Crippen LogP contribution in [0.2, 0.25) is 0 Å². The van der Waals surface area contributed by atoms with Crippen LogP contribution in [0.1, 0.15) is 39.9 Å². The maximum atomic E-state index is 12.6. The molecule has 1 aliphatic heterocycles. The minimum Gasteiger partial charge on any atom is -0.480 e. The molecule has 1 fully saturated rings. The molecular formula is C15H19NO4S. The molecule has 0 bridgehead atoms. The molecule has 1 amide bonds. The highest BCUT2D eigenvalue weighted by Gasteiger charge is 2.40. The number of fused-ring (bicyclic) bond motifs is 1. The van der Waals surface area contributed by atoms with Gasteiger partial charge in [-0.2, -0.15) is 0 Å². The summed E-state index contributed by atoms with van der Waals surface area (Å²) in [5.74, 6) is -0.670. The quantitative estimate of drug-likeness (QED) is 0.868. The van der Waals surface area contributed by atoms with Crippen LogP contribution in [0.3, 0.4) is 0 Å². The molecule has 3 atom stereocenters. The maximum Gasteiger partial charge on any atom is 0.326 e. The summed E-state index contributed by atoms with van der Waals surface area (Å²) in [7, 11) is 0. The summed E-state index contributed by atoms with van der Waals surface area (Å²) in [6.07, 6.45) is 2.50. The SMILES string of the molecule is CC1CCc2sc(C(=O)N3C[C@H](O)C[C@@H]3C(=O)O)cc2C1. The molecule has 6 heteroatoms. The van der Waals surface area contributed by atoms with Crippen LogP contribution in [0.5, 0.6) is 0 Å². The van der Waals surface area contributed by atoms with Gasteiger partial charge >= 0.3 is 5.97 Å². The number of aliphatic hydroxyl groups excluding tert-OH is 1. The third-order valence-electron chi connectivity index (χ3n) is 4.36. The number of likely N-dealkylation sites (tertiary alicyclic amines) is 1. The number of nitrogens with zero attached hydrogens (tertiary/aromatic N) is 1. The van der Waals surface area contributed by atoms with E-state index < -0.39 is 18.1 Å². The smallest absolute Gasteiger partial charge is 0.326 e. The molecule has 1 unspecified atom stereocenters. The summed E-state index contributed by atoms with van der Waals surface area (Å²) >= 11 is 1.48. The van der Waals surface area contributed by atoms with Crippen molar-refractivity contribution in [1.29, 1.82) is 0 Å². The zero-order valence-corrected chi connectivity index (χ0v) is 12.7. The van der Waals surface area contributed by atoms with E-state index in [2.05, 4.69) is 6.92 Å². The Balaban J connectivity index is 1.83. The first-order valence-electron chi connectivity index (χ1n) is 7.29. The van der Waals surface area contributed by atoms with Crippen molar-refractivity contribution in [2.75, 3.05) is 6.54 Å². The van der Waals surface area contributed by atoms with Gasteiger partial charge in [-0.25, -0.2) is 4.79 Å². The van der Waals surface area contributed by atoms with Gasteiger partial charge in [-0.05, 0) is 36.8 Å². The van der Waals surface area contributed by atoms with Crippen LogP contribution in [0.25, 0.3) is 0 Å². The predicted octanol–water partition coefficient (Wildman–Crippen LogP) is 1.53. The Hall–Kier alpha value is -1.40. The fourth-order valence-corrected chi connectivity index (χ4v) is 4.39. The molecule has 0 spiro atoms. The maximum absolute atomic E-state index is 12.6. The second-order valence-electron chi connectivity index (χ2n) is 6.11.